The molecule has 9 heteroatoms. The fourth-order valence-corrected chi connectivity index (χ4v) is 4.87. The van der Waals surface area contributed by atoms with Crippen molar-refractivity contribution in [3.05, 3.63) is 104 Å². The summed E-state index contributed by atoms with van der Waals surface area (Å²) in [5, 5.41) is 6.95. The van der Waals surface area contributed by atoms with E-state index in [1.54, 1.807) is 39.0 Å². The molecule has 8 nitrogen and oxygen atoms in total. The van der Waals surface area contributed by atoms with Crippen molar-refractivity contribution in [2.75, 3.05) is 6.26 Å². The third kappa shape index (κ3) is 5.01. The number of aromatic nitrogens is 2. The van der Waals surface area contributed by atoms with Crippen LogP contribution in [0.2, 0.25) is 0 Å². The Labute approximate surface area is 209 Å². The van der Waals surface area contributed by atoms with Crippen molar-refractivity contribution in [3.63, 3.8) is 0 Å². The highest BCUT2D eigenvalue weighted by molar-refractivity contribution is 7.90. The maximum absolute atomic E-state index is 13.5. The number of aryl methyl sites for hydroxylation is 4. The van der Waals surface area contributed by atoms with Crippen molar-refractivity contribution in [2.24, 2.45) is 0 Å². The van der Waals surface area contributed by atoms with E-state index in [1.807, 2.05) is 31.2 Å². The number of carbonyl (C=O) groups is 1. The Balaban J connectivity index is 1.77. The number of aromatic amines is 1. The number of rotatable bonds is 6. The first-order valence-corrected chi connectivity index (χ1v) is 13.2. The van der Waals surface area contributed by atoms with Crippen LogP contribution in [-0.2, 0) is 9.84 Å². The van der Waals surface area contributed by atoms with E-state index >= 15 is 0 Å². The van der Waals surface area contributed by atoms with Crippen LogP contribution in [0.4, 0.5) is 0 Å². The average Bonchev–Trinajstić information content (AvgIpc) is 3.15. The summed E-state index contributed by atoms with van der Waals surface area (Å²) in [6.07, 6.45) is 1.14. The summed E-state index contributed by atoms with van der Waals surface area (Å²) in [4.78, 5) is 29.2. The minimum Gasteiger partial charge on any atom is -0.361 e. The van der Waals surface area contributed by atoms with Crippen LogP contribution in [0.3, 0.4) is 0 Å². The Morgan fingerprint density at radius 1 is 1.00 bits per heavy atom. The highest BCUT2D eigenvalue weighted by Crippen LogP contribution is 2.29. The van der Waals surface area contributed by atoms with Gasteiger partial charge in [0, 0.05) is 23.1 Å². The van der Waals surface area contributed by atoms with Crippen LogP contribution >= 0.6 is 0 Å². The second kappa shape index (κ2) is 9.58. The van der Waals surface area contributed by atoms with Crippen molar-refractivity contribution < 1.29 is 17.7 Å². The molecule has 0 fully saturated rings. The van der Waals surface area contributed by atoms with E-state index in [2.05, 4.69) is 15.5 Å². The van der Waals surface area contributed by atoms with Gasteiger partial charge in [-0.15, -0.1) is 0 Å². The number of pyridine rings is 1. The van der Waals surface area contributed by atoms with Crippen molar-refractivity contribution in [1.82, 2.24) is 15.5 Å². The summed E-state index contributed by atoms with van der Waals surface area (Å²) in [7, 11) is -3.37. The molecule has 2 aromatic carbocycles. The van der Waals surface area contributed by atoms with Crippen LogP contribution in [-0.4, -0.2) is 30.7 Å². The Morgan fingerprint density at radius 2 is 1.69 bits per heavy atom. The van der Waals surface area contributed by atoms with Gasteiger partial charge in [0.05, 0.1) is 16.6 Å². The molecule has 0 bridgehead atoms. The molecule has 1 atom stereocenters. The number of sulfone groups is 1. The first-order valence-electron chi connectivity index (χ1n) is 11.3. The summed E-state index contributed by atoms with van der Waals surface area (Å²) < 4.78 is 29.1. The topological polar surface area (TPSA) is 122 Å². The second-order valence-electron chi connectivity index (χ2n) is 8.91. The van der Waals surface area contributed by atoms with Gasteiger partial charge in [-0.05, 0) is 57.0 Å². The van der Waals surface area contributed by atoms with E-state index in [4.69, 9.17) is 4.52 Å². The molecule has 2 heterocycles. The molecule has 1 amide bonds. The Hall–Kier alpha value is -3.98. The highest BCUT2D eigenvalue weighted by Gasteiger charge is 2.23. The molecule has 0 radical (unpaired) electrons. The molecular weight excluding hydrogens is 478 g/mol. The molecule has 0 saturated carbocycles. The molecule has 1 unspecified atom stereocenters. The van der Waals surface area contributed by atoms with Crippen molar-refractivity contribution in [1.29, 1.82) is 0 Å². The van der Waals surface area contributed by atoms with Crippen LogP contribution in [0.1, 0.15) is 50.2 Å². The molecule has 0 saturated heterocycles. The fourth-order valence-electron chi connectivity index (χ4n) is 4.24. The number of nitrogens with one attached hydrogen (secondary N) is 2. The third-order valence-corrected chi connectivity index (χ3v) is 7.21. The zero-order chi connectivity index (χ0) is 26.2. The Morgan fingerprint density at radius 3 is 2.28 bits per heavy atom. The number of hydrogen-bond donors (Lipinski definition) is 2. The first kappa shape index (κ1) is 25.1. The van der Waals surface area contributed by atoms with E-state index in [0.717, 1.165) is 22.9 Å². The van der Waals surface area contributed by atoms with E-state index in [1.165, 1.54) is 12.1 Å². The Kier molecular flexibility index (Phi) is 6.69. The standard InChI is InChI=1S/C27H27N3O5S/c1-15-7-6-8-20(13-15)25(19-9-11-21(12-10-19)36(5,33)34)29-27(32)23-14-22(16(2)28-26(23)31)24-17(3)30-35-18(24)4/h6-14,25H,1-5H3,(H,28,31)(H,29,32). The summed E-state index contributed by atoms with van der Waals surface area (Å²) in [5.41, 5.74) is 4.52. The van der Waals surface area contributed by atoms with Gasteiger partial charge in [0.1, 0.15) is 11.3 Å². The van der Waals surface area contributed by atoms with Crippen LogP contribution in [0, 0.1) is 27.7 Å². The third-order valence-electron chi connectivity index (χ3n) is 6.08. The summed E-state index contributed by atoms with van der Waals surface area (Å²) in [6, 6.07) is 14.9. The lowest BCUT2D eigenvalue weighted by molar-refractivity contribution is 0.0941. The van der Waals surface area contributed by atoms with Crippen molar-refractivity contribution in [3.8, 4) is 11.1 Å². The largest absolute Gasteiger partial charge is 0.361 e. The molecule has 2 N–H and O–H groups in total. The number of amides is 1. The molecule has 0 aliphatic carbocycles. The van der Waals surface area contributed by atoms with Crippen molar-refractivity contribution in [2.45, 2.75) is 38.6 Å². The molecular formula is C27H27N3O5S. The van der Waals surface area contributed by atoms with E-state index in [9.17, 15) is 18.0 Å². The summed E-state index contributed by atoms with van der Waals surface area (Å²) in [5.74, 6) is 0.0144. The molecule has 36 heavy (non-hydrogen) atoms. The monoisotopic (exact) mass is 505 g/mol. The number of nitrogens with zero attached hydrogens (tertiary/aromatic N) is 1. The van der Waals surface area contributed by atoms with Gasteiger partial charge in [0.15, 0.2) is 9.84 Å². The molecule has 186 valence electrons. The Bertz CT molecular complexity index is 1600. The molecule has 0 aliphatic heterocycles. The maximum atomic E-state index is 13.5. The highest BCUT2D eigenvalue weighted by atomic mass is 32.2. The average molecular weight is 506 g/mol. The molecule has 0 aliphatic rings. The van der Waals surface area contributed by atoms with E-state index < -0.39 is 27.3 Å². The lowest BCUT2D eigenvalue weighted by atomic mass is 9.96. The van der Waals surface area contributed by atoms with Gasteiger partial charge < -0.3 is 14.8 Å². The second-order valence-corrected chi connectivity index (χ2v) is 10.9. The van der Waals surface area contributed by atoms with Gasteiger partial charge in [-0.25, -0.2) is 8.42 Å². The lowest BCUT2D eigenvalue weighted by Gasteiger charge is -2.21. The maximum Gasteiger partial charge on any atom is 0.261 e. The SMILES string of the molecule is Cc1cccc(C(NC(=O)c2cc(-c3c(C)noc3C)c(C)[nH]c2=O)c2ccc(S(C)(=O)=O)cc2)c1. The smallest absolute Gasteiger partial charge is 0.261 e. The van der Waals surface area contributed by atoms with Gasteiger partial charge in [0.25, 0.3) is 11.5 Å². The predicted molar refractivity (Wildman–Crippen MR) is 137 cm³/mol. The zero-order valence-electron chi connectivity index (χ0n) is 20.7. The van der Waals surface area contributed by atoms with Gasteiger partial charge in [0.2, 0.25) is 0 Å². The van der Waals surface area contributed by atoms with Crippen LogP contribution in [0.15, 0.2) is 68.8 Å². The predicted octanol–water partition coefficient (Wildman–Crippen LogP) is 4.19. The normalized spacial score (nSPS) is 12.4. The number of H-pyrrole nitrogens is 1. The summed E-state index contributed by atoms with van der Waals surface area (Å²) >= 11 is 0. The van der Waals surface area contributed by atoms with Gasteiger partial charge in [-0.2, -0.15) is 0 Å². The molecule has 4 rings (SSSR count). The van der Waals surface area contributed by atoms with E-state index in [0.29, 0.717) is 28.3 Å². The number of carbonyl (C=O) groups excluding carboxylic acids is 1. The van der Waals surface area contributed by atoms with E-state index in [-0.39, 0.29) is 10.5 Å². The minimum absolute atomic E-state index is 0.0546. The van der Waals surface area contributed by atoms with Gasteiger partial charge in [-0.3, -0.25) is 9.59 Å². The minimum atomic E-state index is -3.37. The van der Waals surface area contributed by atoms with Crippen LogP contribution < -0.4 is 10.9 Å². The molecule has 4 aromatic rings. The molecule has 0 spiro atoms. The first-order chi connectivity index (χ1) is 17.0. The van der Waals surface area contributed by atoms with Gasteiger partial charge >= 0.3 is 0 Å². The number of hydrogen-bond acceptors (Lipinski definition) is 6. The van der Waals surface area contributed by atoms with Crippen molar-refractivity contribution >= 4 is 15.7 Å². The quantitative estimate of drug-likeness (QED) is 0.405. The van der Waals surface area contributed by atoms with Crippen LogP contribution in [0.5, 0.6) is 0 Å². The van der Waals surface area contributed by atoms with Crippen LogP contribution in [0.25, 0.3) is 11.1 Å². The zero-order valence-corrected chi connectivity index (χ0v) is 21.5. The fraction of sp³-hybridized carbons (Fsp3) is 0.222. The lowest BCUT2D eigenvalue weighted by Crippen LogP contribution is -2.33. The number of benzene rings is 2. The van der Waals surface area contributed by atoms with Gasteiger partial charge in [-0.1, -0.05) is 47.1 Å². The molecule has 2 aromatic heterocycles. The summed E-state index contributed by atoms with van der Waals surface area (Å²) in [6.45, 7) is 7.26.